The molecule has 5 heteroatoms. The Kier molecular flexibility index (Phi) is 5.89. The number of carbonyl (C=O) groups excluding carboxylic acids is 2. The summed E-state index contributed by atoms with van der Waals surface area (Å²) >= 11 is 0. The van der Waals surface area contributed by atoms with Crippen LogP contribution < -0.4 is 5.32 Å². The number of benzene rings is 1. The summed E-state index contributed by atoms with van der Waals surface area (Å²) in [6.07, 6.45) is 7.76. The molecule has 26 heavy (non-hydrogen) atoms. The predicted octanol–water partition coefficient (Wildman–Crippen LogP) is 2.37. The molecule has 0 spiro atoms. The van der Waals surface area contributed by atoms with Crippen LogP contribution in [0.25, 0.3) is 0 Å². The molecule has 2 aliphatic rings. The molecule has 3 rings (SSSR count). The number of nitrogens with zero attached hydrogens (tertiary/aromatic N) is 1. The first-order chi connectivity index (χ1) is 12.6. The zero-order valence-electron chi connectivity index (χ0n) is 15.1. The van der Waals surface area contributed by atoms with Gasteiger partial charge in [-0.3, -0.25) is 9.59 Å². The minimum atomic E-state index is -0.182. The van der Waals surface area contributed by atoms with Crippen molar-refractivity contribution in [1.82, 2.24) is 10.2 Å². The topological polar surface area (TPSA) is 69.6 Å². The minimum Gasteiger partial charge on any atom is -0.396 e. The van der Waals surface area contributed by atoms with E-state index in [-0.39, 0.29) is 18.4 Å². The Morgan fingerprint density at radius 2 is 1.88 bits per heavy atom. The number of hydrogen-bond donors (Lipinski definition) is 2. The molecule has 0 bridgehead atoms. The largest absolute Gasteiger partial charge is 0.396 e. The fourth-order valence-corrected chi connectivity index (χ4v) is 3.26. The van der Waals surface area contributed by atoms with E-state index in [1.807, 2.05) is 36.5 Å². The maximum Gasteiger partial charge on any atom is 0.255 e. The molecule has 2 N–H and O–H groups in total. The molecule has 1 saturated heterocycles. The lowest BCUT2D eigenvalue weighted by Crippen LogP contribution is -2.40. The van der Waals surface area contributed by atoms with E-state index < -0.39 is 0 Å². The van der Waals surface area contributed by atoms with Crippen molar-refractivity contribution >= 4 is 11.8 Å². The third-order valence-corrected chi connectivity index (χ3v) is 4.97. The number of amides is 2. The van der Waals surface area contributed by atoms with Gasteiger partial charge in [0.1, 0.15) is 0 Å². The maximum absolute atomic E-state index is 12.7. The van der Waals surface area contributed by atoms with Crippen molar-refractivity contribution in [3.8, 4) is 0 Å². The van der Waals surface area contributed by atoms with E-state index >= 15 is 0 Å². The van der Waals surface area contributed by atoms with Crippen LogP contribution in [0.1, 0.15) is 35.2 Å². The Balaban J connectivity index is 1.62. The van der Waals surface area contributed by atoms with Crippen molar-refractivity contribution in [2.24, 2.45) is 5.92 Å². The summed E-state index contributed by atoms with van der Waals surface area (Å²) in [5, 5.41) is 12.1. The fourth-order valence-electron chi connectivity index (χ4n) is 3.26. The maximum atomic E-state index is 12.7. The number of piperidine rings is 1. The molecule has 137 valence electrons. The Bertz CT molecular complexity index is 726. The number of aliphatic hydroxyl groups is 1. The van der Waals surface area contributed by atoms with E-state index in [9.17, 15) is 14.7 Å². The molecule has 2 amide bonds. The monoisotopic (exact) mass is 353 g/mol. The third kappa shape index (κ3) is 4.41. The summed E-state index contributed by atoms with van der Waals surface area (Å²) in [6.45, 7) is 3.52. The average molecular weight is 353 g/mol. The first kappa shape index (κ1) is 18.4. The lowest BCUT2D eigenvalue weighted by Gasteiger charge is -2.32. The number of carbonyl (C=O) groups is 2. The molecule has 1 fully saturated rings. The molecule has 5 nitrogen and oxygen atoms in total. The highest BCUT2D eigenvalue weighted by atomic mass is 16.3. The average Bonchev–Trinajstić information content (AvgIpc) is 2.68. The van der Waals surface area contributed by atoms with E-state index in [4.69, 9.17) is 0 Å². The number of aryl methyl sites for hydroxylation is 1. The Morgan fingerprint density at radius 3 is 2.54 bits per heavy atom. The highest BCUT2D eigenvalue weighted by Gasteiger charge is 2.25. The molecule has 0 unspecified atom stereocenters. The van der Waals surface area contributed by atoms with Crippen molar-refractivity contribution in [1.29, 1.82) is 0 Å². The summed E-state index contributed by atoms with van der Waals surface area (Å²) in [7, 11) is 0. The predicted molar refractivity (Wildman–Crippen MR) is 100 cm³/mol. The number of rotatable bonds is 4. The second kappa shape index (κ2) is 8.32. The van der Waals surface area contributed by atoms with E-state index in [2.05, 4.69) is 5.32 Å². The Labute approximate surface area is 154 Å². The number of allylic oxidation sites excluding steroid dienone is 2. The smallest absolute Gasteiger partial charge is 0.255 e. The van der Waals surface area contributed by atoms with Crippen LogP contribution in [0.4, 0.5) is 0 Å². The summed E-state index contributed by atoms with van der Waals surface area (Å²) < 4.78 is 0. The van der Waals surface area contributed by atoms with E-state index in [0.717, 1.165) is 18.4 Å². The van der Waals surface area contributed by atoms with Gasteiger partial charge in [0, 0.05) is 36.5 Å². The SMILES string of the molecule is Cc1ccc(C(=O)NC2=C[CH]CC(C(=O)N3CCC(CO)CC3)=C2)cc1. The van der Waals surface area contributed by atoms with Gasteiger partial charge in [0.2, 0.25) is 5.91 Å². The second-order valence-electron chi connectivity index (χ2n) is 6.97. The van der Waals surface area contributed by atoms with Gasteiger partial charge in [0.05, 0.1) is 0 Å². The molecule has 1 heterocycles. The van der Waals surface area contributed by atoms with Gasteiger partial charge < -0.3 is 15.3 Å². The highest BCUT2D eigenvalue weighted by molar-refractivity contribution is 5.97. The van der Waals surface area contributed by atoms with Crippen LogP contribution in [-0.2, 0) is 4.79 Å². The molecule has 0 saturated carbocycles. The van der Waals surface area contributed by atoms with Gasteiger partial charge in [-0.05, 0) is 56.7 Å². The Morgan fingerprint density at radius 1 is 1.19 bits per heavy atom. The van der Waals surface area contributed by atoms with Gasteiger partial charge in [-0.2, -0.15) is 0 Å². The second-order valence-corrected chi connectivity index (χ2v) is 6.97. The molecular formula is C21H25N2O3. The molecule has 0 aromatic heterocycles. The molecule has 1 aliphatic carbocycles. The van der Waals surface area contributed by atoms with E-state index in [1.165, 1.54) is 0 Å². The lowest BCUT2D eigenvalue weighted by molar-refractivity contribution is -0.128. The van der Waals surface area contributed by atoms with Gasteiger partial charge >= 0.3 is 0 Å². The normalized spacial score (nSPS) is 18.2. The number of hydrogen-bond acceptors (Lipinski definition) is 3. The zero-order chi connectivity index (χ0) is 18.5. The summed E-state index contributed by atoms with van der Waals surface area (Å²) in [6, 6.07) is 7.38. The van der Waals surface area contributed by atoms with Crippen LogP contribution in [0.3, 0.4) is 0 Å². The van der Waals surface area contributed by atoms with Crippen LogP contribution >= 0.6 is 0 Å². The van der Waals surface area contributed by atoms with Gasteiger partial charge in [0.15, 0.2) is 0 Å². The summed E-state index contributed by atoms with van der Waals surface area (Å²) in [5.41, 5.74) is 3.02. The van der Waals surface area contributed by atoms with Crippen molar-refractivity contribution < 1.29 is 14.7 Å². The van der Waals surface area contributed by atoms with Crippen LogP contribution in [0.5, 0.6) is 0 Å². The molecule has 1 aliphatic heterocycles. The zero-order valence-corrected chi connectivity index (χ0v) is 15.1. The Hall–Kier alpha value is -2.40. The molecule has 1 aromatic carbocycles. The van der Waals surface area contributed by atoms with E-state index in [0.29, 0.717) is 42.3 Å². The first-order valence-electron chi connectivity index (χ1n) is 9.09. The quantitative estimate of drug-likeness (QED) is 0.873. The van der Waals surface area contributed by atoms with Crippen molar-refractivity contribution in [3.63, 3.8) is 0 Å². The lowest BCUT2D eigenvalue weighted by atomic mass is 9.95. The van der Waals surface area contributed by atoms with Crippen LogP contribution in [-0.4, -0.2) is 41.5 Å². The summed E-state index contributed by atoms with van der Waals surface area (Å²) in [5.74, 6) is 0.140. The minimum absolute atomic E-state index is 0.0211. The van der Waals surface area contributed by atoms with Crippen molar-refractivity contribution in [2.45, 2.75) is 26.2 Å². The first-order valence-corrected chi connectivity index (χ1v) is 9.09. The third-order valence-electron chi connectivity index (χ3n) is 4.97. The fraction of sp³-hybridized carbons (Fsp3) is 0.381. The van der Waals surface area contributed by atoms with Crippen molar-refractivity contribution in [3.05, 3.63) is 65.2 Å². The number of nitrogens with one attached hydrogen (secondary N) is 1. The molecule has 1 aromatic rings. The molecule has 0 atom stereocenters. The van der Waals surface area contributed by atoms with Gasteiger partial charge in [-0.25, -0.2) is 0 Å². The molecular weight excluding hydrogens is 328 g/mol. The summed E-state index contributed by atoms with van der Waals surface area (Å²) in [4.78, 5) is 26.9. The van der Waals surface area contributed by atoms with Crippen LogP contribution in [0, 0.1) is 19.3 Å². The van der Waals surface area contributed by atoms with Gasteiger partial charge in [-0.1, -0.05) is 23.8 Å². The van der Waals surface area contributed by atoms with E-state index in [1.54, 1.807) is 18.2 Å². The highest BCUT2D eigenvalue weighted by Crippen LogP contribution is 2.22. The standard InChI is InChI=1S/C21H25N2O3/c1-15-5-7-17(8-6-15)20(25)22-19-4-2-3-18(13-19)21(26)23-11-9-16(14-24)10-12-23/h2,4-8,13,16,24H,3,9-12,14H2,1H3,(H,22,25). The number of aliphatic hydroxyl groups excluding tert-OH is 1. The number of likely N-dealkylation sites (tertiary alicyclic amines) is 1. The van der Waals surface area contributed by atoms with Crippen LogP contribution in [0.15, 0.2) is 47.7 Å². The van der Waals surface area contributed by atoms with Crippen LogP contribution in [0.2, 0.25) is 0 Å². The van der Waals surface area contributed by atoms with Gasteiger partial charge in [0.25, 0.3) is 5.91 Å². The van der Waals surface area contributed by atoms with Gasteiger partial charge in [-0.15, -0.1) is 0 Å². The molecule has 1 radical (unpaired) electrons. The van der Waals surface area contributed by atoms with Crippen molar-refractivity contribution in [2.75, 3.05) is 19.7 Å².